The smallest absolute Gasteiger partial charge is 0.260 e. The molecule has 2 rings (SSSR count). The molecule has 122 valence electrons. The van der Waals surface area contributed by atoms with Crippen molar-refractivity contribution in [2.45, 2.75) is 32.3 Å². The highest BCUT2D eigenvalue weighted by molar-refractivity contribution is 5.80. The number of benzene rings is 1. The van der Waals surface area contributed by atoms with Gasteiger partial charge in [-0.25, -0.2) is 0 Å². The van der Waals surface area contributed by atoms with Crippen LogP contribution in [0.4, 0.5) is 0 Å². The van der Waals surface area contributed by atoms with Crippen molar-refractivity contribution in [3.05, 3.63) is 29.8 Å². The van der Waals surface area contributed by atoms with Gasteiger partial charge in [0.2, 0.25) is 5.91 Å². The van der Waals surface area contributed by atoms with E-state index >= 15 is 0 Å². The molecule has 0 radical (unpaired) electrons. The molecule has 1 unspecified atom stereocenters. The van der Waals surface area contributed by atoms with Crippen LogP contribution in [0.1, 0.15) is 31.7 Å². The number of nitrogens with zero attached hydrogens (tertiary/aromatic N) is 2. The van der Waals surface area contributed by atoms with Crippen LogP contribution in [0.15, 0.2) is 24.3 Å². The van der Waals surface area contributed by atoms with Gasteiger partial charge in [-0.2, -0.15) is 5.26 Å². The van der Waals surface area contributed by atoms with Crippen LogP contribution in [0.5, 0.6) is 5.75 Å². The monoisotopic (exact) mass is 315 g/mol. The summed E-state index contributed by atoms with van der Waals surface area (Å²) in [6.07, 6.45) is 1.60. The van der Waals surface area contributed by atoms with Crippen molar-refractivity contribution in [1.82, 2.24) is 10.2 Å². The second-order valence-electron chi connectivity index (χ2n) is 5.50. The first-order chi connectivity index (χ1) is 11.1. The Morgan fingerprint density at radius 2 is 2.26 bits per heavy atom. The number of hydrogen-bond acceptors (Lipinski definition) is 4. The maximum Gasteiger partial charge on any atom is 0.260 e. The Morgan fingerprint density at radius 3 is 2.96 bits per heavy atom. The molecule has 1 aromatic carbocycles. The molecule has 1 aliphatic heterocycles. The summed E-state index contributed by atoms with van der Waals surface area (Å²) in [5.41, 5.74) is 0.402. The second-order valence-corrected chi connectivity index (χ2v) is 5.50. The maximum absolute atomic E-state index is 12.0. The number of carbonyl (C=O) groups excluding carboxylic acids is 2. The van der Waals surface area contributed by atoms with E-state index in [1.54, 1.807) is 31.2 Å². The van der Waals surface area contributed by atoms with Gasteiger partial charge in [0.15, 0.2) is 6.10 Å². The van der Waals surface area contributed by atoms with Gasteiger partial charge in [-0.3, -0.25) is 9.59 Å². The van der Waals surface area contributed by atoms with E-state index < -0.39 is 6.10 Å². The normalized spacial score (nSPS) is 15.1. The standard InChI is InChI=1S/C17H21N3O3/c1-13(23-15-7-3-2-6-14(15)12-18)17(22)19-9-5-11-20-10-4-8-16(20)21/h2-3,6-7,13H,4-5,8-11H2,1H3,(H,19,22). The third-order valence-corrected chi connectivity index (χ3v) is 3.76. The van der Waals surface area contributed by atoms with E-state index in [1.807, 2.05) is 11.0 Å². The van der Waals surface area contributed by atoms with E-state index in [1.165, 1.54) is 0 Å². The van der Waals surface area contributed by atoms with Gasteiger partial charge < -0.3 is 15.0 Å². The summed E-state index contributed by atoms with van der Waals surface area (Å²) in [4.78, 5) is 25.3. The quantitative estimate of drug-likeness (QED) is 0.772. The molecule has 1 atom stereocenters. The van der Waals surface area contributed by atoms with Crippen molar-refractivity contribution >= 4 is 11.8 Å². The lowest BCUT2D eigenvalue weighted by molar-refractivity contribution is -0.127. The molecular formula is C17H21N3O3. The SMILES string of the molecule is CC(Oc1ccccc1C#N)C(=O)NCCCN1CCCC1=O. The van der Waals surface area contributed by atoms with E-state index in [0.717, 1.165) is 19.4 Å². The fraction of sp³-hybridized carbons (Fsp3) is 0.471. The minimum absolute atomic E-state index is 0.195. The molecule has 0 spiro atoms. The van der Waals surface area contributed by atoms with Gasteiger partial charge in [-0.15, -0.1) is 0 Å². The van der Waals surface area contributed by atoms with Crippen molar-refractivity contribution in [3.8, 4) is 11.8 Å². The average molecular weight is 315 g/mol. The van der Waals surface area contributed by atoms with Gasteiger partial charge in [-0.1, -0.05) is 12.1 Å². The number of hydrogen-bond donors (Lipinski definition) is 1. The summed E-state index contributed by atoms with van der Waals surface area (Å²) in [5, 5.41) is 11.8. The van der Waals surface area contributed by atoms with E-state index in [-0.39, 0.29) is 11.8 Å². The van der Waals surface area contributed by atoms with Crippen molar-refractivity contribution in [2.75, 3.05) is 19.6 Å². The van der Waals surface area contributed by atoms with Gasteiger partial charge in [0.05, 0.1) is 5.56 Å². The molecule has 1 heterocycles. The number of amides is 2. The highest BCUT2D eigenvalue weighted by Crippen LogP contribution is 2.18. The molecule has 0 aliphatic carbocycles. The second kappa shape index (κ2) is 8.18. The molecule has 1 aromatic rings. The summed E-state index contributed by atoms with van der Waals surface area (Å²) in [7, 11) is 0. The van der Waals surface area contributed by atoms with E-state index in [0.29, 0.717) is 30.8 Å². The van der Waals surface area contributed by atoms with Crippen molar-refractivity contribution in [3.63, 3.8) is 0 Å². The summed E-state index contributed by atoms with van der Waals surface area (Å²) in [5.74, 6) is 0.368. The zero-order chi connectivity index (χ0) is 16.7. The third kappa shape index (κ3) is 4.71. The minimum atomic E-state index is -0.682. The number of para-hydroxylation sites is 1. The van der Waals surface area contributed by atoms with Crippen molar-refractivity contribution in [1.29, 1.82) is 5.26 Å². The zero-order valence-electron chi connectivity index (χ0n) is 13.2. The van der Waals surface area contributed by atoms with Crippen LogP contribution in [-0.2, 0) is 9.59 Å². The minimum Gasteiger partial charge on any atom is -0.480 e. The summed E-state index contributed by atoms with van der Waals surface area (Å²) in [6.45, 7) is 3.63. The lowest BCUT2D eigenvalue weighted by atomic mass is 10.2. The van der Waals surface area contributed by atoms with E-state index in [2.05, 4.69) is 5.32 Å². The van der Waals surface area contributed by atoms with Crippen LogP contribution in [0.25, 0.3) is 0 Å². The van der Waals surface area contributed by atoms with Crippen LogP contribution in [-0.4, -0.2) is 42.5 Å². The lowest BCUT2D eigenvalue weighted by Gasteiger charge is -2.17. The molecule has 6 heteroatoms. The predicted molar refractivity (Wildman–Crippen MR) is 84.7 cm³/mol. The Kier molecular flexibility index (Phi) is 5.98. The van der Waals surface area contributed by atoms with Crippen LogP contribution in [0.3, 0.4) is 0 Å². The first-order valence-electron chi connectivity index (χ1n) is 7.83. The Bertz CT molecular complexity index is 609. The number of likely N-dealkylation sites (tertiary alicyclic amines) is 1. The molecule has 0 bridgehead atoms. The average Bonchev–Trinajstić information content (AvgIpc) is 2.97. The first kappa shape index (κ1) is 16.8. The Balaban J connectivity index is 1.72. The maximum atomic E-state index is 12.0. The molecule has 6 nitrogen and oxygen atoms in total. The van der Waals surface area contributed by atoms with Crippen LogP contribution in [0, 0.1) is 11.3 Å². The fourth-order valence-corrected chi connectivity index (χ4v) is 2.47. The molecule has 1 aliphatic rings. The third-order valence-electron chi connectivity index (χ3n) is 3.76. The Morgan fingerprint density at radius 1 is 1.48 bits per heavy atom. The van der Waals surface area contributed by atoms with Crippen molar-refractivity contribution < 1.29 is 14.3 Å². The van der Waals surface area contributed by atoms with Gasteiger partial charge >= 0.3 is 0 Å². The van der Waals surface area contributed by atoms with Gasteiger partial charge in [0.1, 0.15) is 11.8 Å². The van der Waals surface area contributed by atoms with E-state index in [9.17, 15) is 9.59 Å². The van der Waals surface area contributed by atoms with Crippen LogP contribution < -0.4 is 10.1 Å². The Labute approximate surface area is 136 Å². The molecule has 0 saturated carbocycles. The molecular weight excluding hydrogens is 294 g/mol. The van der Waals surface area contributed by atoms with Crippen LogP contribution >= 0.6 is 0 Å². The largest absolute Gasteiger partial charge is 0.480 e. The highest BCUT2D eigenvalue weighted by Gasteiger charge is 2.20. The highest BCUT2D eigenvalue weighted by atomic mass is 16.5. The Hall–Kier alpha value is -2.55. The van der Waals surface area contributed by atoms with Crippen LogP contribution in [0.2, 0.25) is 0 Å². The molecule has 1 N–H and O–H groups in total. The van der Waals surface area contributed by atoms with Crippen molar-refractivity contribution in [2.24, 2.45) is 0 Å². The number of nitrogens with one attached hydrogen (secondary N) is 1. The number of rotatable bonds is 7. The topological polar surface area (TPSA) is 82.4 Å². The summed E-state index contributed by atoms with van der Waals surface area (Å²) in [6, 6.07) is 8.85. The summed E-state index contributed by atoms with van der Waals surface area (Å²) >= 11 is 0. The number of carbonyl (C=O) groups is 2. The van der Waals surface area contributed by atoms with Gasteiger partial charge in [0, 0.05) is 26.1 Å². The summed E-state index contributed by atoms with van der Waals surface area (Å²) < 4.78 is 5.55. The van der Waals surface area contributed by atoms with E-state index in [4.69, 9.17) is 10.00 Å². The lowest BCUT2D eigenvalue weighted by Crippen LogP contribution is -2.38. The molecule has 2 amide bonds. The fourth-order valence-electron chi connectivity index (χ4n) is 2.47. The molecule has 1 fully saturated rings. The number of nitriles is 1. The zero-order valence-corrected chi connectivity index (χ0v) is 13.2. The predicted octanol–water partition coefficient (Wildman–Crippen LogP) is 1.45. The first-order valence-corrected chi connectivity index (χ1v) is 7.83. The van der Waals surface area contributed by atoms with Gasteiger partial charge in [0.25, 0.3) is 5.91 Å². The van der Waals surface area contributed by atoms with Gasteiger partial charge in [-0.05, 0) is 31.9 Å². The molecule has 23 heavy (non-hydrogen) atoms. The molecule has 1 saturated heterocycles. The molecule has 0 aromatic heterocycles. The number of ether oxygens (including phenoxy) is 1.